The normalized spacial score (nSPS) is 13.2. The molecule has 0 amide bonds. The zero-order chi connectivity index (χ0) is 22.5. The van der Waals surface area contributed by atoms with Gasteiger partial charge in [0.1, 0.15) is 23.4 Å². The summed E-state index contributed by atoms with van der Waals surface area (Å²) >= 11 is 0. The summed E-state index contributed by atoms with van der Waals surface area (Å²) in [7, 11) is 0. The highest BCUT2D eigenvalue weighted by Gasteiger charge is 2.31. The molecule has 0 spiro atoms. The zero-order valence-electron chi connectivity index (χ0n) is 17.6. The van der Waals surface area contributed by atoms with Crippen molar-refractivity contribution < 1.29 is 19.7 Å². The van der Waals surface area contributed by atoms with E-state index in [1.54, 1.807) is 12.1 Å². The van der Waals surface area contributed by atoms with Gasteiger partial charge in [-0.3, -0.25) is 9.89 Å². The molecule has 3 N–H and O–H groups in total. The van der Waals surface area contributed by atoms with E-state index in [2.05, 4.69) is 22.0 Å². The fourth-order valence-corrected chi connectivity index (χ4v) is 3.81. The maximum absolute atomic E-state index is 9.84. The molecule has 0 radical (unpaired) electrons. The van der Waals surface area contributed by atoms with Gasteiger partial charge < -0.3 is 19.8 Å². The molecule has 2 aromatic heterocycles. The lowest BCUT2D eigenvalue weighted by molar-refractivity contribution is -0.122. The monoisotopic (exact) mass is 432 g/mol. The number of aryl methyl sites for hydroxylation is 1. The number of hydrogen-bond acceptors (Lipinski definition) is 6. The summed E-state index contributed by atoms with van der Waals surface area (Å²) < 4.78 is 6.04. The van der Waals surface area contributed by atoms with Gasteiger partial charge in [0, 0.05) is 5.56 Å². The molecule has 8 heteroatoms. The highest BCUT2D eigenvalue weighted by atomic mass is 16.5. The number of hydrogen-bond donors (Lipinski definition) is 3. The van der Waals surface area contributed by atoms with Crippen molar-refractivity contribution in [2.75, 3.05) is 18.0 Å². The molecule has 0 bridgehead atoms. The van der Waals surface area contributed by atoms with Gasteiger partial charge in [-0.15, -0.1) is 0 Å². The van der Waals surface area contributed by atoms with Crippen molar-refractivity contribution in [1.82, 2.24) is 15.2 Å². The average Bonchev–Trinajstić information content (AvgIpc) is 3.25. The number of aromatic amines is 1. The summed E-state index contributed by atoms with van der Waals surface area (Å²) in [5, 5.41) is 25.0. The van der Waals surface area contributed by atoms with E-state index in [0.29, 0.717) is 0 Å². The highest BCUT2D eigenvalue weighted by Crippen LogP contribution is 2.34. The summed E-state index contributed by atoms with van der Waals surface area (Å²) in [5.41, 5.74) is 3.92. The molecule has 164 valence electrons. The molecule has 0 saturated carbocycles. The van der Waals surface area contributed by atoms with Crippen molar-refractivity contribution in [1.29, 1.82) is 0 Å². The molecule has 1 aliphatic rings. The van der Waals surface area contributed by atoms with Crippen LogP contribution in [-0.4, -0.2) is 51.1 Å². The SMILES string of the molecule is CCc1cc(O)ccc1-c1cc2[nH]ncc2c(N2CC(Oc3ccccc3)C2)n1.O=CO. The number of rotatable bonds is 5. The van der Waals surface area contributed by atoms with Gasteiger partial charge in [0.05, 0.1) is 35.9 Å². The second kappa shape index (κ2) is 9.38. The number of phenols is 1. The van der Waals surface area contributed by atoms with Crippen LogP contribution in [0.5, 0.6) is 11.5 Å². The number of carboxylic acid groups (broad SMARTS) is 1. The molecule has 0 atom stereocenters. The Kier molecular flexibility index (Phi) is 6.21. The van der Waals surface area contributed by atoms with E-state index in [9.17, 15) is 5.11 Å². The second-order valence-electron chi connectivity index (χ2n) is 7.42. The average molecular weight is 432 g/mol. The van der Waals surface area contributed by atoms with Gasteiger partial charge in [0.2, 0.25) is 0 Å². The van der Waals surface area contributed by atoms with Crippen LogP contribution in [0.25, 0.3) is 22.2 Å². The third-order valence-electron chi connectivity index (χ3n) is 5.36. The Morgan fingerprint density at radius 1 is 1.19 bits per heavy atom. The minimum Gasteiger partial charge on any atom is -0.508 e. The fourth-order valence-electron chi connectivity index (χ4n) is 3.81. The quantitative estimate of drug-likeness (QED) is 0.411. The Hall–Kier alpha value is -4.07. The molecular formula is C24H24N4O4. The molecular weight excluding hydrogens is 408 g/mol. The number of benzene rings is 2. The number of para-hydroxylation sites is 1. The summed E-state index contributed by atoms with van der Waals surface area (Å²) in [4.78, 5) is 15.6. The standard InChI is InChI=1S/C23H22N4O2.CH2O2/c1-2-15-10-16(28)8-9-19(15)21-11-22-20(12-24-26-22)23(25-21)27-13-18(14-27)29-17-6-4-3-5-7-17;2-1-3/h3-12,18,28H,2,13-14H2,1H3,(H,24,26);1H,(H,2,3). The fraction of sp³-hybridized carbons (Fsp3) is 0.208. The lowest BCUT2D eigenvalue weighted by Gasteiger charge is -2.40. The predicted octanol–water partition coefficient (Wildman–Crippen LogP) is 3.86. The number of ether oxygens (including phenoxy) is 1. The summed E-state index contributed by atoms with van der Waals surface area (Å²) in [5.74, 6) is 2.08. The predicted molar refractivity (Wildman–Crippen MR) is 122 cm³/mol. The van der Waals surface area contributed by atoms with Crippen LogP contribution in [0.4, 0.5) is 5.82 Å². The van der Waals surface area contributed by atoms with Gasteiger partial charge in [-0.1, -0.05) is 25.1 Å². The largest absolute Gasteiger partial charge is 0.508 e. The molecule has 5 rings (SSSR count). The zero-order valence-corrected chi connectivity index (χ0v) is 17.6. The van der Waals surface area contributed by atoms with Gasteiger partial charge in [-0.2, -0.15) is 5.10 Å². The Balaban J connectivity index is 0.000000775. The van der Waals surface area contributed by atoms with Crippen LogP contribution in [0.3, 0.4) is 0 Å². The molecule has 1 aliphatic heterocycles. The van der Waals surface area contributed by atoms with Crippen molar-refractivity contribution >= 4 is 23.2 Å². The first-order valence-electron chi connectivity index (χ1n) is 10.3. The van der Waals surface area contributed by atoms with Crippen molar-refractivity contribution in [3.05, 3.63) is 66.4 Å². The van der Waals surface area contributed by atoms with E-state index < -0.39 is 0 Å². The van der Waals surface area contributed by atoms with Crippen LogP contribution in [-0.2, 0) is 11.2 Å². The number of pyridine rings is 1. The number of carbonyl (C=O) groups is 1. The number of phenolic OH excluding ortho intramolecular Hbond substituents is 1. The molecule has 2 aromatic carbocycles. The number of nitrogens with zero attached hydrogens (tertiary/aromatic N) is 3. The van der Waals surface area contributed by atoms with E-state index in [-0.39, 0.29) is 18.3 Å². The lowest BCUT2D eigenvalue weighted by Crippen LogP contribution is -2.54. The number of aromatic hydroxyl groups is 1. The first-order chi connectivity index (χ1) is 15.6. The van der Waals surface area contributed by atoms with Crippen molar-refractivity contribution in [2.45, 2.75) is 19.4 Å². The van der Waals surface area contributed by atoms with Crippen LogP contribution < -0.4 is 9.64 Å². The van der Waals surface area contributed by atoms with E-state index in [4.69, 9.17) is 19.6 Å². The summed E-state index contributed by atoms with van der Waals surface area (Å²) in [6.07, 6.45) is 2.78. The smallest absolute Gasteiger partial charge is 0.290 e. The number of H-pyrrole nitrogens is 1. The maximum Gasteiger partial charge on any atom is 0.290 e. The first-order valence-corrected chi connectivity index (χ1v) is 10.3. The molecule has 3 heterocycles. The minimum absolute atomic E-state index is 0.143. The number of aromatic nitrogens is 3. The third kappa shape index (κ3) is 4.34. The van der Waals surface area contributed by atoms with Gasteiger partial charge in [-0.25, -0.2) is 4.98 Å². The van der Waals surface area contributed by atoms with Gasteiger partial charge >= 0.3 is 0 Å². The molecule has 8 nitrogen and oxygen atoms in total. The summed E-state index contributed by atoms with van der Waals surface area (Å²) in [6.45, 7) is 3.39. The van der Waals surface area contributed by atoms with Gasteiger partial charge in [0.15, 0.2) is 0 Å². The number of anilines is 1. The minimum atomic E-state index is -0.250. The summed E-state index contributed by atoms with van der Waals surface area (Å²) in [6, 6.07) is 17.4. The van der Waals surface area contributed by atoms with E-state index >= 15 is 0 Å². The third-order valence-corrected chi connectivity index (χ3v) is 5.36. The first kappa shape index (κ1) is 21.2. The Morgan fingerprint density at radius 2 is 1.94 bits per heavy atom. The Morgan fingerprint density at radius 3 is 2.66 bits per heavy atom. The van der Waals surface area contributed by atoms with Crippen LogP contribution in [0.15, 0.2) is 60.8 Å². The lowest BCUT2D eigenvalue weighted by atomic mass is 10.0. The molecule has 32 heavy (non-hydrogen) atoms. The van der Waals surface area contributed by atoms with E-state index in [1.807, 2.05) is 48.7 Å². The molecule has 0 unspecified atom stereocenters. The van der Waals surface area contributed by atoms with Crippen molar-refractivity contribution in [3.63, 3.8) is 0 Å². The van der Waals surface area contributed by atoms with Crippen molar-refractivity contribution in [2.24, 2.45) is 0 Å². The molecule has 4 aromatic rings. The Bertz CT molecular complexity index is 1200. The van der Waals surface area contributed by atoms with Crippen LogP contribution in [0, 0.1) is 0 Å². The number of fused-ring (bicyclic) bond motifs is 1. The van der Waals surface area contributed by atoms with Crippen LogP contribution in [0.1, 0.15) is 12.5 Å². The number of nitrogens with one attached hydrogen (secondary N) is 1. The second-order valence-corrected chi connectivity index (χ2v) is 7.42. The molecule has 1 saturated heterocycles. The van der Waals surface area contributed by atoms with Crippen molar-refractivity contribution in [3.8, 4) is 22.8 Å². The Labute approximate surface area is 185 Å². The maximum atomic E-state index is 9.84. The van der Waals surface area contributed by atoms with Crippen LogP contribution >= 0.6 is 0 Å². The van der Waals surface area contributed by atoms with Gasteiger partial charge in [0.25, 0.3) is 6.47 Å². The molecule has 1 fully saturated rings. The topological polar surface area (TPSA) is 112 Å². The highest BCUT2D eigenvalue weighted by molar-refractivity contribution is 5.92. The van der Waals surface area contributed by atoms with E-state index in [1.165, 1.54) is 0 Å². The molecule has 0 aliphatic carbocycles. The van der Waals surface area contributed by atoms with Gasteiger partial charge in [-0.05, 0) is 48.4 Å². The van der Waals surface area contributed by atoms with E-state index in [0.717, 1.165) is 58.8 Å². The van der Waals surface area contributed by atoms with Crippen LogP contribution in [0.2, 0.25) is 0 Å².